The van der Waals surface area contributed by atoms with Crippen molar-refractivity contribution in [2.45, 2.75) is 20.4 Å². The predicted molar refractivity (Wildman–Crippen MR) is 63.5 cm³/mol. The number of pyridine rings is 1. The third-order valence-electron chi connectivity index (χ3n) is 2.47. The molecule has 2 heterocycles. The van der Waals surface area contributed by atoms with Crippen LogP contribution in [0.25, 0.3) is 0 Å². The van der Waals surface area contributed by atoms with Crippen molar-refractivity contribution in [1.82, 2.24) is 20.5 Å². The number of H-pyrrole nitrogens is 1. The number of aryl methyl sites for hydroxylation is 2. The third-order valence-corrected chi connectivity index (χ3v) is 2.47. The van der Waals surface area contributed by atoms with Crippen LogP contribution in [0.3, 0.4) is 0 Å². The number of hydrogen-bond acceptors (Lipinski definition) is 3. The number of aromatic amines is 1. The second-order valence-corrected chi connectivity index (χ2v) is 3.85. The average Bonchev–Trinajstić information content (AvgIpc) is 2.78. The van der Waals surface area contributed by atoms with Gasteiger partial charge >= 0.3 is 0 Å². The average molecular weight is 230 g/mol. The normalized spacial score (nSPS) is 10.2. The van der Waals surface area contributed by atoms with Gasteiger partial charge in [-0.1, -0.05) is 0 Å². The lowest BCUT2D eigenvalue weighted by molar-refractivity contribution is 0.0949. The molecule has 0 saturated carbocycles. The zero-order valence-corrected chi connectivity index (χ0v) is 9.82. The van der Waals surface area contributed by atoms with Gasteiger partial charge in [0.2, 0.25) is 0 Å². The summed E-state index contributed by atoms with van der Waals surface area (Å²) in [6, 6.07) is 5.44. The van der Waals surface area contributed by atoms with E-state index in [9.17, 15) is 4.79 Å². The van der Waals surface area contributed by atoms with Gasteiger partial charge in [-0.15, -0.1) is 0 Å². The zero-order valence-electron chi connectivity index (χ0n) is 9.82. The number of rotatable bonds is 3. The number of amides is 1. The molecule has 5 nitrogen and oxygen atoms in total. The van der Waals surface area contributed by atoms with Crippen molar-refractivity contribution in [3.8, 4) is 0 Å². The summed E-state index contributed by atoms with van der Waals surface area (Å²) in [7, 11) is 0. The van der Waals surface area contributed by atoms with Crippen LogP contribution in [0.15, 0.2) is 24.4 Å². The molecule has 0 atom stereocenters. The maximum Gasteiger partial charge on any atom is 0.253 e. The molecule has 0 aromatic carbocycles. The van der Waals surface area contributed by atoms with E-state index in [0.717, 1.165) is 17.1 Å². The Bertz CT molecular complexity index is 519. The maximum atomic E-state index is 11.9. The summed E-state index contributed by atoms with van der Waals surface area (Å²) in [6.07, 6.45) is 1.65. The molecule has 0 fully saturated rings. The van der Waals surface area contributed by atoms with Gasteiger partial charge in [0.05, 0.1) is 23.5 Å². The second-order valence-electron chi connectivity index (χ2n) is 3.85. The van der Waals surface area contributed by atoms with Crippen LogP contribution in [0.4, 0.5) is 0 Å². The van der Waals surface area contributed by atoms with Crippen LogP contribution in [0.1, 0.15) is 27.4 Å². The van der Waals surface area contributed by atoms with Gasteiger partial charge in [0.1, 0.15) is 0 Å². The van der Waals surface area contributed by atoms with Crippen molar-refractivity contribution in [1.29, 1.82) is 0 Å². The van der Waals surface area contributed by atoms with Gasteiger partial charge in [-0.2, -0.15) is 5.10 Å². The summed E-state index contributed by atoms with van der Waals surface area (Å²) in [5.41, 5.74) is 3.13. The van der Waals surface area contributed by atoms with Crippen molar-refractivity contribution in [3.63, 3.8) is 0 Å². The van der Waals surface area contributed by atoms with Crippen LogP contribution in [0.2, 0.25) is 0 Å². The van der Waals surface area contributed by atoms with Crippen LogP contribution in [0.5, 0.6) is 0 Å². The lowest BCUT2D eigenvalue weighted by atomic mass is 10.1. The molecule has 0 aliphatic carbocycles. The third kappa shape index (κ3) is 2.69. The molecule has 2 aromatic rings. The van der Waals surface area contributed by atoms with Crippen LogP contribution in [-0.4, -0.2) is 21.1 Å². The fraction of sp³-hybridized carbons (Fsp3) is 0.250. The van der Waals surface area contributed by atoms with Crippen molar-refractivity contribution in [2.24, 2.45) is 0 Å². The topological polar surface area (TPSA) is 70.7 Å². The molecule has 0 radical (unpaired) electrons. The fourth-order valence-corrected chi connectivity index (χ4v) is 1.58. The Labute approximate surface area is 99.3 Å². The van der Waals surface area contributed by atoms with Gasteiger partial charge in [0.15, 0.2) is 0 Å². The van der Waals surface area contributed by atoms with Crippen LogP contribution >= 0.6 is 0 Å². The minimum absolute atomic E-state index is 0.121. The van der Waals surface area contributed by atoms with E-state index in [1.807, 2.05) is 26.0 Å². The zero-order chi connectivity index (χ0) is 12.3. The Kier molecular flexibility index (Phi) is 3.18. The van der Waals surface area contributed by atoms with Crippen molar-refractivity contribution in [3.05, 3.63) is 47.0 Å². The quantitative estimate of drug-likeness (QED) is 0.836. The Balaban J connectivity index is 2.04. The van der Waals surface area contributed by atoms with E-state index in [-0.39, 0.29) is 5.91 Å². The second kappa shape index (κ2) is 4.78. The van der Waals surface area contributed by atoms with Crippen molar-refractivity contribution in [2.75, 3.05) is 0 Å². The van der Waals surface area contributed by atoms with E-state index in [1.165, 1.54) is 0 Å². The van der Waals surface area contributed by atoms with Gasteiger partial charge in [0, 0.05) is 11.9 Å². The SMILES string of the molecule is Cc1ccc(C(=O)NCc2ccn[nH]2)c(C)n1. The van der Waals surface area contributed by atoms with Gasteiger partial charge in [-0.3, -0.25) is 14.9 Å². The number of nitrogens with one attached hydrogen (secondary N) is 2. The highest BCUT2D eigenvalue weighted by Gasteiger charge is 2.09. The standard InChI is InChI=1S/C12H14N4O/c1-8-3-4-11(9(2)15-8)12(17)13-7-10-5-6-14-16-10/h3-6H,7H2,1-2H3,(H,13,17)(H,14,16). The molecule has 0 unspecified atom stereocenters. The molecule has 0 saturated heterocycles. The number of carbonyl (C=O) groups is 1. The lowest BCUT2D eigenvalue weighted by Crippen LogP contribution is -2.24. The van der Waals surface area contributed by atoms with Gasteiger partial charge < -0.3 is 5.32 Å². The van der Waals surface area contributed by atoms with Crippen LogP contribution < -0.4 is 5.32 Å². The Hall–Kier alpha value is -2.17. The number of nitrogens with zero attached hydrogens (tertiary/aromatic N) is 2. The lowest BCUT2D eigenvalue weighted by Gasteiger charge is -2.06. The first-order chi connectivity index (χ1) is 8.16. The molecule has 88 valence electrons. The van der Waals surface area contributed by atoms with Gasteiger partial charge in [0.25, 0.3) is 5.91 Å². The molecule has 2 rings (SSSR count). The van der Waals surface area contributed by atoms with E-state index in [4.69, 9.17) is 0 Å². The highest BCUT2D eigenvalue weighted by Crippen LogP contribution is 2.06. The monoisotopic (exact) mass is 230 g/mol. The fourth-order valence-electron chi connectivity index (χ4n) is 1.58. The van der Waals surface area contributed by atoms with Crippen LogP contribution in [-0.2, 0) is 6.54 Å². The summed E-state index contributed by atoms with van der Waals surface area (Å²) in [4.78, 5) is 16.1. The molecule has 0 aliphatic rings. The van der Waals surface area contributed by atoms with E-state index in [2.05, 4.69) is 20.5 Å². The van der Waals surface area contributed by atoms with Crippen molar-refractivity contribution >= 4 is 5.91 Å². The summed E-state index contributed by atoms with van der Waals surface area (Å²) in [6.45, 7) is 4.17. The largest absolute Gasteiger partial charge is 0.346 e. The summed E-state index contributed by atoms with van der Waals surface area (Å²) in [5, 5.41) is 9.41. The molecule has 2 N–H and O–H groups in total. The minimum Gasteiger partial charge on any atom is -0.346 e. The van der Waals surface area contributed by atoms with E-state index in [0.29, 0.717) is 12.1 Å². The molecule has 17 heavy (non-hydrogen) atoms. The summed E-state index contributed by atoms with van der Waals surface area (Å²) < 4.78 is 0. The summed E-state index contributed by atoms with van der Waals surface area (Å²) >= 11 is 0. The number of aromatic nitrogens is 3. The van der Waals surface area contributed by atoms with Gasteiger partial charge in [-0.25, -0.2) is 0 Å². The van der Waals surface area contributed by atoms with E-state index >= 15 is 0 Å². The summed E-state index contributed by atoms with van der Waals surface area (Å²) in [5.74, 6) is -0.121. The number of carbonyl (C=O) groups excluding carboxylic acids is 1. The molecule has 0 aliphatic heterocycles. The molecule has 5 heteroatoms. The molecule has 2 aromatic heterocycles. The highest BCUT2D eigenvalue weighted by atomic mass is 16.1. The molecule has 1 amide bonds. The minimum atomic E-state index is -0.121. The Morgan fingerprint density at radius 3 is 2.82 bits per heavy atom. The Morgan fingerprint density at radius 1 is 1.35 bits per heavy atom. The first kappa shape index (κ1) is 11.3. The van der Waals surface area contributed by atoms with Gasteiger partial charge in [-0.05, 0) is 32.0 Å². The number of hydrogen-bond donors (Lipinski definition) is 2. The van der Waals surface area contributed by atoms with Crippen LogP contribution in [0, 0.1) is 13.8 Å². The van der Waals surface area contributed by atoms with Crippen molar-refractivity contribution < 1.29 is 4.79 Å². The highest BCUT2D eigenvalue weighted by molar-refractivity contribution is 5.95. The molecule has 0 bridgehead atoms. The predicted octanol–water partition coefficient (Wildman–Crippen LogP) is 1.35. The van der Waals surface area contributed by atoms with E-state index in [1.54, 1.807) is 12.3 Å². The van der Waals surface area contributed by atoms with E-state index < -0.39 is 0 Å². The smallest absolute Gasteiger partial charge is 0.253 e. The first-order valence-corrected chi connectivity index (χ1v) is 5.37. The maximum absolute atomic E-state index is 11.9. The Morgan fingerprint density at radius 2 is 2.18 bits per heavy atom. The molecule has 0 spiro atoms. The first-order valence-electron chi connectivity index (χ1n) is 5.37. The molecular formula is C12H14N4O. The molecular weight excluding hydrogens is 216 g/mol.